The van der Waals surface area contributed by atoms with Gasteiger partial charge < -0.3 is 4.90 Å². The Morgan fingerprint density at radius 3 is 2.46 bits per heavy atom. The molecule has 8 heteroatoms. The minimum absolute atomic E-state index is 0.0344. The number of rotatable bonds is 5. The molecule has 1 heterocycles. The fourth-order valence-corrected chi connectivity index (χ4v) is 4.56. The summed E-state index contributed by atoms with van der Waals surface area (Å²) in [4.78, 5) is 14.8. The van der Waals surface area contributed by atoms with Gasteiger partial charge in [0.25, 0.3) is 0 Å². The first kappa shape index (κ1) is 21.1. The Kier molecular flexibility index (Phi) is 6.34. The molecule has 150 valence electrons. The van der Waals surface area contributed by atoms with E-state index in [4.69, 9.17) is 23.2 Å². The number of hydrogen-bond donors (Lipinski definition) is 1. The normalized spacial score (nSPS) is 16.7. The van der Waals surface area contributed by atoms with Gasteiger partial charge >= 0.3 is 0 Å². The van der Waals surface area contributed by atoms with Crippen LogP contribution < -0.4 is 4.72 Å². The second-order valence-corrected chi connectivity index (χ2v) is 9.62. The van der Waals surface area contributed by atoms with Crippen LogP contribution in [0.15, 0.2) is 36.4 Å². The maximum absolute atomic E-state index is 13.0. The van der Waals surface area contributed by atoms with Crippen molar-refractivity contribution in [2.75, 3.05) is 12.8 Å². The van der Waals surface area contributed by atoms with Crippen LogP contribution in [0.5, 0.6) is 0 Å². The van der Waals surface area contributed by atoms with Gasteiger partial charge in [-0.05, 0) is 47.7 Å². The SMILES string of the molecule is C[C@H]1c2cccc(CNS(C)(=O)=O)c2CCN1C(=O)Cc1c(Cl)cccc1Cl. The topological polar surface area (TPSA) is 66.5 Å². The zero-order chi connectivity index (χ0) is 20.5. The maximum Gasteiger partial charge on any atom is 0.227 e. The van der Waals surface area contributed by atoms with Crippen LogP contribution in [0.25, 0.3) is 0 Å². The lowest BCUT2D eigenvalue weighted by Crippen LogP contribution is -2.40. The Hall–Kier alpha value is -1.60. The molecule has 1 aliphatic rings. The largest absolute Gasteiger partial charge is 0.335 e. The van der Waals surface area contributed by atoms with Gasteiger partial charge in [-0.15, -0.1) is 0 Å². The van der Waals surface area contributed by atoms with Crippen molar-refractivity contribution >= 4 is 39.1 Å². The minimum atomic E-state index is -3.27. The van der Waals surface area contributed by atoms with Crippen LogP contribution in [0.3, 0.4) is 0 Å². The van der Waals surface area contributed by atoms with E-state index in [0.717, 1.165) is 22.9 Å². The number of sulfonamides is 1. The van der Waals surface area contributed by atoms with Crippen molar-refractivity contribution in [1.82, 2.24) is 9.62 Å². The van der Waals surface area contributed by atoms with E-state index in [-0.39, 0.29) is 24.9 Å². The third kappa shape index (κ3) is 4.69. The summed E-state index contributed by atoms with van der Waals surface area (Å²) in [6.07, 6.45) is 1.96. The molecule has 0 saturated heterocycles. The Bertz CT molecular complexity index is 988. The summed E-state index contributed by atoms with van der Waals surface area (Å²) in [5.74, 6) is -0.0344. The molecule has 28 heavy (non-hydrogen) atoms. The van der Waals surface area contributed by atoms with E-state index in [1.165, 1.54) is 0 Å². The first-order valence-electron chi connectivity index (χ1n) is 8.95. The highest BCUT2D eigenvalue weighted by Crippen LogP contribution is 2.33. The third-order valence-electron chi connectivity index (χ3n) is 5.06. The van der Waals surface area contributed by atoms with Crippen molar-refractivity contribution < 1.29 is 13.2 Å². The Morgan fingerprint density at radius 1 is 1.18 bits per heavy atom. The number of benzene rings is 2. The third-order valence-corrected chi connectivity index (χ3v) is 6.44. The van der Waals surface area contributed by atoms with E-state index in [9.17, 15) is 13.2 Å². The molecular weight excluding hydrogens is 419 g/mol. The monoisotopic (exact) mass is 440 g/mol. The van der Waals surface area contributed by atoms with Crippen molar-refractivity contribution in [3.8, 4) is 0 Å². The number of halogens is 2. The molecule has 0 aliphatic carbocycles. The van der Waals surface area contributed by atoms with Crippen molar-refractivity contribution in [2.45, 2.75) is 32.4 Å². The summed E-state index contributed by atoms with van der Waals surface area (Å²) in [5.41, 5.74) is 3.72. The molecule has 0 bridgehead atoms. The standard InChI is InChI=1S/C20H22Cl2N2O3S/c1-13-15-6-3-5-14(12-23-28(2,26)27)16(15)9-10-24(13)20(25)11-17-18(21)7-4-8-19(17)22/h3-8,13,23H,9-12H2,1-2H3/t13-/m0/s1. The molecule has 2 aromatic carbocycles. The molecule has 0 unspecified atom stereocenters. The smallest absolute Gasteiger partial charge is 0.227 e. The van der Waals surface area contributed by atoms with E-state index in [2.05, 4.69) is 4.72 Å². The van der Waals surface area contributed by atoms with Gasteiger partial charge in [0.05, 0.1) is 18.7 Å². The van der Waals surface area contributed by atoms with E-state index in [1.807, 2.05) is 30.0 Å². The number of carbonyl (C=O) groups is 1. The molecule has 0 fully saturated rings. The predicted octanol–water partition coefficient (Wildman–Crippen LogP) is 3.73. The summed E-state index contributed by atoms with van der Waals surface area (Å²) in [5, 5.41) is 0.972. The van der Waals surface area contributed by atoms with Gasteiger partial charge in [0.1, 0.15) is 0 Å². The van der Waals surface area contributed by atoms with Crippen molar-refractivity contribution in [1.29, 1.82) is 0 Å². The highest BCUT2D eigenvalue weighted by molar-refractivity contribution is 7.88. The average molecular weight is 441 g/mol. The lowest BCUT2D eigenvalue weighted by Gasteiger charge is -2.36. The first-order valence-corrected chi connectivity index (χ1v) is 11.6. The van der Waals surface area contributed by atoms with Crippen LogP contribution >= 0.6 is 23.2 Å². The van der Waals surface area contributed by atoms with Gasteiger partial charge in [-0.25, -0.2) is 13.1 Å². The molecule has 1 N–H and O–H groups in total. The Morgan fingerprint density at radius 2 is 1.82 bits per heavy atom. The number of nitrogens with zero attached hydrogens (tertiary/aromatic N) is 1. The molecule has 3 rings (SSSR count). The minimum Gasteiger partial charge on any atom is -0.335 e. The van der Waals surface area contributed by atoms with E-state index in [0.29, 0.717) is 28.6 Å². The fourth-order valence-electron chi connectivity index (χ4n) is 3.61. The van der Waals surface area contributed by atoms with Gasteiger partial charge in [0, 0.05) is 23.1 Å². The summed E-state index contributed by atoms with van der Waals surface area (Å²) in [7, 11) is -3.27. The quantitative estimate of drug-likeness (QED) is 0.769. The van der Waals surface area contributed by atoms with E-state index >= 15 is 0 Å². The molecule has 1 aliphatic heterocycles. The lowest BCUT2D eigenvalue weighted by atomic mass is 9.89. The Labute approximate surface area is 175 Å². The number of carbonyl (C=O) groups excluding carboxylic acids is 1. The van der Waals surface area contributed by atoms with Crippen LogP contribution in [0, 0.1) is 0 Å². The molecule has 0 radical (unpaired) electrons. The summed E-state index contributed by atoms with van der Waals surface area (Å²) in [6.45, 7) is 2.79. The number of nitrogens with one attached hydrogen (secondary N) is 1. The van der Waals surface area contributed by atoms with Gasteiger partial charge in [0.2, 0.25) is 15.9 Å². The molecule has 2 aromatic rings. The van der Waals surface area contributed by atoms with Crippen molar-refractivity contribution in [3.05, 3.63) is 68.7 Å². The summed E-state index contributed by atoms with van der Waals surface area (Å²) in [6, 6.07) is 10.9. The van der Waals surface area contributed by atoms with Crippen LogP contribution in [0.2, 0.25) is 10.0 Å². The van der Waals surface area contributed by atoms with Crippen LogP contribution in [0.1, 0.15) is 35.2 Å². The summed E-state index contributed by atoms with van der Waals surface area (Å²) >= 11 is 12.4. The molecular formula is C20H22Cl2N2O3S. The number of fused-ring (bicyclic) bond motifs is 1. The second-order valence-electron chi connectivity index (χ2n) is 6.97. The first-order chi connectivity index (χ1) is 13.2. The van der Waals surface area contributed by atoms with E-state index in [1.54, 1.807) is 18.2 Å². The highest BCUT2D eigenvalue weighted by atomic mass is 35.5. The van der Waals surface area contributed by atoms with Crippen LogP contribution in [0.4, 0.5) is 0 Å². The van der Waals surface area contributed by atoms with Gasteiger partial charge in [0.15, 0.2) is 0 Å². The zero-order valence-electron chi connectivity index (χ0n) is 15.7. The van der Waals surface area contributed by atoms with Gasteiger partial charge in [-0.3, -0.25) is 4.79 Å². The zero-order valence-corrected chi connectivity index (χ0v) is 18.0. The number of amides is 1. The molecule has 0 aromatic heterocycles. The Balaban J connectivity index is 1.81. The fraction of sp³-hybridized carbons (Fsp3) is 0.350. The van der Waals surface area contributed by atoms with E-state index < -0.39 is 10.0 Å². The van der Waals surface area contributed by atoms with Crippen LogP contribution in [-0.4, -0.2) is 32.0 Å². The highest BCUT2D eigenvalue weighted by Gasteiger charge is 2.29. The van der Waals surface area contributed by atoms with Gasteiger partial charge in [-0.2, -0.15) is 0 Å². The summed E-state index contributed by atoms with van der Waals surface area (Å²) < 4.78 is 25.4. The van der Waals surface area contributed by atoms with Crippen molar-refractivity contribution in [3.63, 3.8) is 0 Å². The number of hydrogen-bond acceptors (Lipinski definition) is 3. The second kappa shape index (κ2) is 8.41. The molecule has 0 saturated carbocycles. The van der Waals surface area contributed by atoms with Crippen molar-refractivity contribution in [2.24, 2.45) is 0 Å². The molecule has 5 nitrogen and oxygen atoms in total. The lowest BCUT2D eigenvalue weighted by molar-refractivity contribution is -0.133. The molecule has 1 atom stereocenters. The predicted molar refractivity (Wildman–Crippen MR) is 112 cm³/mol. The average Bonchev–Trinajstić information content (AvgIpc) is 2.63. The van der Waals surface area contributed by atoms with Gasteiger partial charge in [-0.1, -0.05) is 47.5 Å². The van der Waals surface area contributed by atoms with Crippen LogP contribution in [-0.2, 0) is 34.2 Å². The molecule has 1 amide bonds. The molecule has 0 spiro atoms. The maximum atomic E-state index is 13.0.